The van der Waals surface area contributed by atoms with Gasteiger partial charge in [0.2, 0.25) is 0 Å². The quantitative estimate of drug-likeness (QED) is 0.663. The molecule has 0 spiro atoms. The summed E-state index contributed by atoms with van der Waals surface area (Å²) in [5.41, 5.74) is 4.40. The van der Waals surface area contributed by atoms with Crippen LogP contribution >= 0.6 is 0 Å². The van der Waals surface area contributed by atoms with Crippen molar-refractivity contribution in [1.29, 1.82) is 0 Å². The molecule has 0 radical (unpaired) electrons. The predicted octanol–water partition coefficient (Wildman–Crippen LogP) is 1.92. The summed E-state index contributed by atoms with van der Waals surface area (Å²) < 4.78 is 13.0. The van der Waals surface area contributed by atoms with Gasteiger partial charge in [0.1, 0.15) is 5.82 Å². The molecule has 1 rings (SSSR count). The third kappa shape index (κ3) is 1.81. The fourth-order valence-corrected chi connectivity index (χ4v) is 1.14. The van der Waals surface area contributed by atoms with Gasteiger partial charge < -0.3 is 5.21 Å². The molecule has 0 saturated heterocycles. The molecule has 0 aromatic heterocycles. The third-order valence-corrected chi connectivity index (χ3v) is 1.89. The Bertz CT molecular complexity index is 286. The fraction of sp³-hybridized carbons (Fsp3) is 0.333. The minimum atomic E-state index is -0.231. The highest BCUT2D eigenvalue weighted by Crippen LogP contribution is 2.14. The highest BCUT2D eigenvalue weighted by Gasteiger charge is 2.02. The lowest BCUT2D eigenvalue weighted by atomic mass is 10.1. The Morgan fingerprint density at radius 1 is 1.33 bits per heavy atom. The summed E-state index contributed by atoms with van der Waals surface area (Å²) in [7, 11) is 0. The monoisotopic (exact) mass is 169 g/mol. The van der Waals surface area contributed by atoms with Crippen LogP contribution in [0.3, 0.4) is 0 Å². The van der Waals surface area contributed by atoms with E-state index in [4.69, 9.17) is 5.21 Å². The van der Waals surface area contributed by atoms with Crippen LogP contribution in [0, 0.1) is 19.7 Å². The maximum absolute atomic E-state index is 13.0. The normalized spacial score (nSPS) is 10.3. The Kier molecular flexibility index (Phi) is 2.78. The van der Waals surface area contributed by atoms with Gasteiger partial charge in [-0.2, -0.15) is 0 Å². The molecule has 0 saturated carbocycles. The molecular weight excluding hydrogens is 157 g/mol. The Morgan fingerprint density at radius 2 is 2.00 bits per heavy atom. The zero-order valence-corrected chi connectivity index (χ0v) is 7.19. The van der Waals surface area contributed by atoms with E-state index in [2.05, 4.69) is 0 Å². The summed E-state index contributed by atoms with van der Waals surface area (Å²) >= 11 is 0. The second-order valence-electron chi connectivity index (χ2n) is 2.86. The number of aryl methyl sites for hydroxylation is 2. The molecule has 0 atom stereocenters. The van der Waals surface area contributed by atoms with E-state index in [1.807, 2.05) is 12.4 Å². The summed E-state index contributed by atoms with van der Waals surface area (Å²) in [6.07, 6.45) is 0. The first-order valence-corrected chi connectivity index (χ1v) is 3.77. The van der Waals surface area contributed by atoms with E-state index in [9.17, 15) is 4.39 Å². The first kappa shape index (κ1) is 9.16. The summed E-state index contributed by atoms with van der Waals surface area (Å²) in [4.78, 5) is 0. The van der Waals surface area contributed by atoms with Crippen molar-refractivity contribution in [3.63, 3.8) is 0 Å². The van der Waals surface area contributed by atoms with Gasteiger partial charge in [-0.1, -0.05) is 6.07 Å². The van der Waals surface area contributed by atoms with E-state index in [-0.39, 0.29) is 12.4 Å². The minimum Gasteiger partial charge on any atom is -0.316 e. The van der Waals surface area contributed by atoms with Gasteiger partial charge in [-0.3, -0.25) is 0 Å². The lowest BCUT2D eigenvalue weighted by molar-refractivity contribution is 0.161. The molecule has 3 heteroatoms. The molecule has 12 heavy (non-hydrogen) atoms. The molecule has 2 N–H and O–H groups in total. The standard InChI is InChI=1S/C9H12FNO/c1-6-3-7(2)9(10)4-8(6)5-11-12/h3-4,11-12H,5H2,1-2H3. The van der Waals surface area contributed by atoms with Crippen LogP contribution in [0.5, 0.6) is 0 Å². The van der Waals surface area contributed by atoms with Crippen LogP contribution in [0.15, 0.2) is 12.1 Å². The van der Waals surface area contributed by atoms with Crippen LogP contribution in [-0.2, 0) is 6.54 Å². The van der Waals surface area contributed by atoms with E-state index < -0.39 is 0 Å². The molecule has 1 aromatic rings. The van der Waals surface area contributed by atoms with E-state index >= 15 is 0 Å². The van der Waals surface area contributed by atoms with Crippen LogP contribution in [0.1, 0.15) is 16.7 Å². The summed E-state index contributed by atoms with van der Waals surface area (Å²) in [5.74, 6) is -0.231. The molecule has 1 aromatic carbocycles. The maximum atomic E-state index is 13.0. The average molecular weight is 169 g/mol. The van der Waals surface area contributed by atoms with Crippen LogP contribution in [-0.4, -0.2) is 5.21 Å². The number of hydrogen-bond acceptors (Lipinski definition) is 2. The Labute approximate surface area is 71.0 Å². The van der Waals surface area contributed by atoms with E-state index in [0.717, 1.165) is 11.1 Å². The molecule has 0 aliphatic carbocycles. The molecule has 0 aliphatic rings. The summed E-state index contributed by atoms with van der Waals surface area (Å²) in [6, 6.07) is 3.20. The molecule has 66 valence electrons. The first-order chi connectivity index (χ1) is 5.65. The van der Waals surface area contributed by atoms with Gasteiger partial charge in [0, 0.05) is 6.54 Å². The Hall–Kier alpha value is -0.930. The number of benzene rings is 1. The molecule has 0 fully saturated rings. The molecule has 0 heterocycles. The average Bonchev–Trinajstić information content (AvgIpc) is 2.01. The minimum absolute atomic E-state index is 0.231. The Morgan fingerprint density at radius 3 is 2.58 bits per heavy atom. The number of hydrogen-bond donors (Lipinski definition) is 2. The largest absolute Gasteiger partial charge is 0.316 e. The first-order valence-electron chi connectivity index (χ1n) is 3.77. The second-order valence-corrected chi connectivity index (χ2v) is 2.86. The number of hydroxylamine groups is 1. The van der Waals surface area contributed by atoms with Gasteiger partial charge in [0.05, 0.1) is 0 Å². The molecule has 0 aliphatic heterocycles. The van der Waals surface area contributed by atoms with Crippen molar-refractivity contribution < 1.29 is 9.60 Å². The van der Waals surface area contributed by atoms with Gasteiger partial charge in [0.25, 0.3) is 0 Å². The number of nitrogens with one attached hydrogen (secondary N) is 1. The molecule has 0 bridgehead atoms. The van der Waals surface area contributed by atoms with Crippen LogP contribution in [0.25, 0.3) is 0 Å². The molecule has 0 unspecified atom stereocenters. The van der Waals surface area contributed by atoms with Crippen molar-refractivity contribution in [3.8, 4) is 0 Å². The van der Waals surface area contributed by atoms with Crippen molar-refractivity contribution >= 4 is 0 Å². The lowest BCUT2D eigenvalue weighted by Crippen LogP contribution is -2.08. The van der Waals surface area contributed by atoms with Gasteiger partial charge in [0.15, 0.2) is 0 Å². The smallest absolute Gasteiger partial charge is 0.126 e. The molecule has 2 nitrogen and oxygen atoms in total. The van der Waals surface area contributed by atoms with Gasteiger partial charge in [-0.05, 0) is 36.6 Å². The van der Waals surface area contributed by atoms with Crippen molar-refractivity contribution in [2.45, 2.75) is 20.4 Å². The van der Waals surface area contributed by atoms with Gasteiger partial charge in [-0.15, -0.1) is 0 Å². The van der Waals surface area contributed by atoms with Crippen molar-refractivity contribution in [1.82, 2.24) is 5.48 Å². The van der Waals surface area contributed by atoms with Crippen molar-refractivity contribution in [2.75, 3.05) is 0 Å². The lowest BCUT2D eigenvalue weighted by Gasteiger charge is -2.06. The van der Waals surface area contributed by atoms with Crippen LogP contribution < -0.4 is 5.48 Å². The van der Waals surface area contributed by atoms with Crippen molar-refractivity contribution in [3.05, 3.63) is 34.6 Å². The van der Waals surface area contributed by atoms with E-state index in [1.54, 1.807) is 13.0 Å². The predicted molar refractivity (Wildman–Crippen MR) is 44.5 cm³/mol. The summed E-state index contributed by atoms with van der Waals surface area (Å²) in [5, 5.41) is 8.43. The topological polar surface area (TPSA) is 32.3 Å². The zero-order chi connectivity index (χ0) is 9.14. The number of rotatable bonds is 2. The van der Waals surface area contributed by atoms with Crippen LogP contribution in [0.4, 0.5) is 4.39 Å². The zero-order valence-electron chi connectivity index (χ0n) is 7.19. The van der Waals surface area contributed by atoms with Gasteiger partial charge >= 0.3 is 0 Å². The molecular formula is C9H12FNO. The van der Waals surface area contributed by atoms with E-state index in [1.165, 1.54) is 6.07 Å². The number of halogens is 1. The Balaban J connectivity index is 3.05. The van der Waals surface area contributed by atoms with Crippen LogP contribution in [0.2, 0.25) is 0 Å². The fourth-order valence-electron chi connectivity index (χ4n) is 1.14. The second kappa shape index (κ2) is 3.65. The highest BCUT2D eigenvalue weighted by atomic mass is 19.1. The SMILES string of the molecule is Cc1cc(C)c(CNO)cc1F. The summed E-state index contributed by atoms with van der Waals surface area (Å²) in [6.45, 7) is 3.89. The van der Waals surface area contributed by atoms with E-state index in [0.29, 0.717) is 5.56 Å². The van der Waals surface area contributed by atoms with Crippen molar-refractivity contribution in [2.24, 2.45) is 0 Å². The third-order valence-electron chi connectivity index (χ3n) is 1.89. The maximum Gasteiger partial charge on any atom is 0.126 e. The van der Waals surface area contributed by atoms with Gasteiger partial charge in [-0.25, -0.2) is 9.87 Å². The molecule has 0 amide bonds. The highest BCUT2D eigenvalue weighted by molar-refractivity contribution is 5.31.